The zero-order valence-corrected chi connectivity index (χ0v) is 9.51. The van der Waals surface area contributed by atoms with Gasteiger partial charge in [0.05, 0.1) is 0 Å². The van der Waals surface area contributed by atoms with Gasteiger partial charge in [0.1, 0.15) is 0 Å². The van der Waals surface area contributed by atoms with E-state index in [4.69, 9.17) is 0 Å². The Morgan fingerprint density at radius 1 is 1.38 bits per heavy atom. The Morgan fingerprint density at radius 2 is 2.08 bits per heavy atom. The molecule has 2 nitrogen and oxygen atoms in total. The van der Waals surface area contributed by atoms with Gasteiger partial charge in [0, 0.05) is 18.6 Å². The van der Waals surface area contributed by atoms with Crippen molar-refractivity contribution in [2.24, 2.45) is 5.92 Å². The Kier molecular flexibility index (Phi) is 4.20. The predicted molar refractivity (Wildman–Crippen MR) is 58.0 cm³/mol. The van der Waals surface area contributed by atoms with Gasteiger partial charge in [0.2, 0.25) is 0 Å². The van der Waals surface area contributed by atoms with Gasteiger partial charge in [-0.1, -0.05) is 6.92 Å². The number of hydrogen-bond donors (Lipinski definition) is 1. The smallest absolute Gasteiger partial charge is 0.0169 e. The molecule has 0 saturated heterocycles. The molecule has 78 valence electrons. The molecule has 3 unspecified atom stereocenters. The predicted octanol–water partition coefficient (Wildman–Crippen LogP) is 1.71. The lowest BCUT2D eigenvalue weighted by atomic mass is 10.1. The fourth-order valence-corrected chi connectivity index (χ4v) is 2.36. The van der Waals surface area contributed by atoms with Gasteiger partial charge < -0.3 is 10.2 Å². The second kappa shape index (κ2) is 4.97. The minimum atomic E-state index is 0.630. The monoisotopic (exact) mass is 184 g/mol. The number of nitrogens with zero attached hydrogens (tertiary/aromatic N) is 1. The molecule has 0 aromatic carbocycles. The van der Waals surface area contributed by atoms with Gasteiger partial charge in [0.25, 0.3) is 0 Å². The lowest BCUT2D eigenvalue weighted by molar-refractivity contribution is 0.326. The highest BCUT2D eigenvalue weighted by molar-refractivity contribution is 4.80. The lowest BCUT2D eigenvalue weighted by Gasteiger charge is -2.22. The van der Waals surface area contributed by atoms with Gasteiger partial charge in [-0.15, -0.1) is 0 Å². The van der Waals surface area contributed by atoms with E-state index in [0.717, 1.165) is 18.5 Å². The molecule has 1 N–H and O–H groups in total. The molecule has 2 heteroatoms. The first-order chi connectivity index (χ1) is 6.08. The highest BCUT2D eigenvalue weighted by Gasteiger charge is 2.22. The van der Waals surface area contributed by atoms with Crippen LogP contribution in [0.3, 0.4) is 0 Å². The third kappa shape index (κ3) is 4.10. The van der Waals surface area contributed by atoms with Crippen molar-refractivity contribution in [3.05, 3.63) is 0 Å². The Bertz CT molecular complexity index is 145. The molecule has 13 heavy (non-hydrogen) atoms. The number of likely N-dealkylation sites (N-methyl/N-ethyl adjacent to an activating group) is 1. The molecule has 1 saturated carbocycles. The van der Waals surface area contributed by atoms with Crippen LogP contribution >= 0.6 is 0 Å². The van der Waals surface area contributed by atoms with Crippen molar-refractivity contribution in [1.82, 2.24) is 10.2 Å². The molecular formula is C11H24N2. The summed E-state index contributed by atoms with van der Waals surface area (Å²) in [6.45, 7) is 5.78. The Labute approximate surface area is 82.7 Å². The molecule has 0 radical (unpaired) electrons. The summed E-state index contributed by atoms with van der Waals surface area (Å²) in [6.07, 6.45) is 4.16. The van der Waals surface area contributed by atoms with Gasteiger partial charge in [0.15, 0.2) is 0 Å². The first-order valence-electron chi connectivity index (χ1n) is 5.48. The summed E-state index contributed by atoms with van der Waals surface area (Å²) in [5.74, 6) is 0.934. The SMILES string of the molecule is CC1CCC(NC(C)CN(C)C)C1. The molecule has 0 heterocycles. The molecule has 0 amide bonds. The summed E-state index contributed by atoms with van der Waals surface area (Å²) >= 11 is 0. The molecule has 1 rings (SSSR count). The van der Waals surface area contributed by atoms with Crippen LogP contribution in [-0.2, 0) is 0 Å². The lowest BCUT2D eigenvalue weighted by Crippen LogP contribution is -2.41. The van der Waals surface area contributed by atoms with Crippen molar-refractivity contribution in [1.29, 1.82) is 0 Å². The van der Waals surface area contributed by atoms with Crippen LogP contribution in [0, 0.1) is 5.92 Å². The topological polar surface area (TPSA) is 15.3 Å². The first-order valence-corrected chi connectivity index (χ1v) is 5.48. The summed E-state index contributed by atoms with van der Waals surface area (Å²) in [6, 6.07) is 1.41. The van der Waals surface area contributed by atoms with Crippen LogP contribution in [0.25, 0.3) is 0 Å². The van der Waals surface area contributed by atoms with E-state index >= 15 is 0 Å². The zero-order valence-electron chi connectivity index (χ0n) is 9.51. The molecule has 0 aliphatic heterocycles. The van der Waals surface area contributed by atoms with Crippen molar-refractivity contribution in [2.75, 3.05) is 20.6 Å². The number of nitrogens with one attached hydrogen (secondary N) is 1. The van der Waals surface area contributed by atoms with E-state index in [9.17, 15) is 0 Å². The van der Waals surface area contributed by atoms with Crippen molar-refractivity contribution in [3.8, 4) is 0 Å². The maximum absolute atomic E-state index is 3.70. The second-order valence-electron chi connectivity index (χ2n) is 4.95. The largest absolute Gasteiger partial charge is 0.310 e. The van der Waals surface area contributed by atoms with Crippen LogP contribution in [-0.4, -0.2) is 37.6 Å². The summed E-state index contributed by atoms with van der Waals surface area (Å²) in [5, 5.41) is 3.70. The van der Waals surface area contributed by atoms with Crippen LogP contribution in [0.1, 0.15) is 33.1 Å². The average molecular weight is 184 g/mol. The maximum atomic E-state index is 3.70. The number of rotatable bonds is 4. The van der Waals surface area contributed by atoms with E-state index in [-0.39, 0.29) is 0 Å². The normalized spacial score (nSPS) is 31.2. The number of hydrogen-bond acceptors (Lipinski definition) is 2. The molecular weight excluding hydrogens is 160 g/mol. The quantitative estimate of drug-likeness (QED) is 0.715. The fourth-order valence-electron chi connectivity index (χ4n) is 2.36. The standard InChI is InChI=1S/C11H24N2/c1-9-5-6-11(7-9)12-10(2)8-13(3)4/h9-12H,5-8H2,1-4H3. The highest BCUT2D eigenvalue weighted by atomic mass is 15.1. The van der Waals surface area contributed by atoms with Gasteiger partial charge in [-0.3, -0.25) is 0 Å². The van der Waals surface area contributed by atoms with Crippen LogP contribution in [0.5, 0.6) is 0 Å². The molecule has 1 aliphatic carbocycles. The van der Waals surface area contributed by atoms with Crippen LogP contribution < -0.4 is 5.32 Å². The minimum absolute atomic E-state index is 0.630. The second-order valence-corrected chi connectivity index (χ2v) is 4.95. The van der Waals surface area contributed by atoms with E-state index in [1.54, 1.807) is 0 Å². The van der Waals surface area contributed by atoms with Gasteiger partial charge >= 0.3 is 0 Å². The van der Waals surface area contributed by atoms with E-state index in [2.05, 4.69) is 38.2 Å². The van der Waals surface area contributed by atoms with E-state index < -0.39 is 0 Å². The summed E-state index contributed by atoms with van der Waals surface area (Å²) in [7, 11) is 4.27. The summed E-state index contributed by atoms with van der Waals surface area (Å²) < 4.78 is 0. The van der Waals surface area contributed by atoms with Crippen molar-refractivity contribution in [2.45, 2.75) is 45.2 Å². The molecule has 0 spiro atoms. The van der Waals surface area contributed by atoms with Gasteiger partial charge in [-0.05, 0) is 46.2 Å². The summed E-state index contributed by atoms with van der Waals surface area (Å²) in [4.78, 5) is 2.25. The van der Waals surface area contributed by atoms with E-state index in [1.807, 2.05) is 0 Å². The molecule has 0 bridgehead atoms. The maximum Gasteiger partial charge on any atom is 0.0169 e. The van der Waals surface area contributed by atoms with Crippen molar-refractivity contribution in [3.63, 3.8) is 0 Å². The highest BCUT2D eigenvalue weighted by Crippen LogP contribution is 2.24. The van der Waals surface area contributed by atoms with Crippen LogP contribution in [0.4, 0.5) is 0 Å². The Morgan fingerprint density at radius 3 is 2.54 bits per heavy atom. The summed E-state index contributed by atoms with van der Waals surface area (Å²) in [5.41, 5.74) is 0. The minimum Gasteiger partial charge on any atom is -0.310 e. The first kappa shape index (κ1) is 11.0. The van der Waals surface area contributed by atoms with Crippen LogP contribution in [0.2, 0.25) is 0 Å². The molecule has 0 aromatic heterocycles. The molecule has 0 aromatic rings. The molecule has 3 atom stereocenters. The third-order valence-electron chi connectivity index (χ3n) is 2.85. The van der Waals surface area contributed by atoms with Crippen molar-refractivity contribution < 1.29 is 0 Å². The molecule has 1 aliphatic rings. The van der Waals surface area contributed by atoms with Crippen LogP contribution in [0.15, 0.2) is 0 Å². The Balaban J connectivity index is 2.16. The van der Waals surface area contributed by atoms with Gasteiger partial charge in [-0.25, -0.2) is 0 Å². The zero-order chi connectivity index (χ0) is 9.84. The van der Waals surface area contributed by atoms with E-state index in [0.29, 0.717) is 6.04 Å². The fraction of sp³-hybridized carbons (Fsp3) is 1.00. The Hall–Kier alpha value is -0.0800. The molecule has 1 fully saturated rings. The van der Waals surface area contributed by atoms with Crippen molar-refractivity contribution >= 4 is 0 Å². The van der Waals surface area contributed by atoms with Gasteiger partial charge in [-0.2, -0.15) is 0 Å². The average Bonchev–Trinajstić information content (AvgIpc) is 2.33. The van der Waals surface area contributed by atoms with E-state index in [1.165, 1.54) is 19.3 Å². The third-order valence-corrected chi connectivity index (χ3v) is 2.85.